The molecule has 0 fully saturated rings. The Morgan fingerprint density at radius 1 is 0.371 bits per heavy atom. The van der Waals surface area contributed by atoms with E-state index in [1.165, 1.54) is 14.7 Å². The molecule has 4 aliphatic heterocycles. The van der Waals surface area contributed by atoms with Gasteiger partial charge in [-0.05, 0) is 127 Å². The first-order chi connectivity index (χ1) is 55.8. The molecule has 116 heavy (non-hydrogen) atoms. The second-order valence-corrected chi connectivity index (χ2v) is 26.7. The first kappa shape index (κ1) is 82.7. The highest BCUT2D eigenvalue weighted by atomic mass is 16.5. The molecule has 4 atom stereocenters. The van der Waals surface area contributed by atoms with Crippen LogP contribution < -0.4 is 41.3 Å². The normalized spacial score (nSPS) is 16.0. The van der Waals surface area contributed by atoms with Crippen LogP contribution in [-0.4, -0.2) is 167 Å². The number of carbonyl (C=O) groups is 8. The van der Waals surface area contributed by atoms with E-state index in [-0.39, 0.29) is 61.2 Å². The van der Waals surface area contributed by atoms with E-state index in [0.29, 0.717) is 112 Å². The molecule has 2 unspecified atom stereocenters. The number of esters is 1. The lowest BCUT2D eigenvalue weighted by atomic mass is 10.1. The number of fused-ring (bicyclic) bond motifs is 4. The van der Waals surface area contributed by atoms with Crippen molar-refractivity contribution in [3.05, 3.63) is 286 Å². The molecule has 0 saturated heterocycles. The zero-order valence-electron chi connectivity index (χ0n) is 63.5. The molecule has 12 heterocycles. The molecule has 0 aliphatic carbocycles. The molecule has 16 rings (SSSR count). The molecule has 596 valence electrons. The number of aryl methyl sites for hydroxylation is 4. The minimum atomic E-state index is -0.684. The van der Waals surface area contributed by atoms with Crippen LogP contribution in [0.1, 0.15) is 151 Å². The van der Waals surface area contributed by atoms with Crippen molar-refractivity contribution in [3.63, 3.8) is 0 Å². The third kappa shape index (κ3) is 21.5. The van der Waals surface area contributed by atoms with Gasteiger partial charge in [0.1, 0.15) is 41.4 Å². The largest absolute Gasteiger partial charge is 0.459 e. The van der Waals surface area contributed by atoms with Crippen LogP contribution in [0.5, 0.6) is 0 Å². The lowest BCUT2D eigenvalue weighted by Gasteiger charge is -2.20. The van der Waals surface area contributed by atoms with Gasteiger partial charge in [0.25, 0.3) is 0 Å². The number of anilines is 4. The fourth-order valence-electron chi connectivity index (χ4n) is 12.8. The molecule has 8 aromatic heterocycles. The van der Waals surface area contributed by atoms with Gasteiger partial charge in [0.15, 0.2) is 0 Å². The lowest BCUT2D eigenvalue weighted by molar-refractivity contribution is -0.120. The van der Waals surface area contributed by atoms with Crippen LogP contribution in [0.25, 0.3) is 0 Å². The highest BCUT2D eigenvalue weighted by Crippen LogP contribution is 2.28. The Morgan fingerprint density at radius 2 is 0.629 bits per heavy atom. The molecule has 4 aromatic carbocycles. The Morgan fingerprint density at radius 3 is 0.914 bits per heavy atom. The molecule has 0 bridgehead atoms. The summed E-state index contributed by atoms with van der Waals surface area (Å²) in [4.78, 5) is 122. The molecule has 4 aliphatic rings. The van der Waals surface area contributed by atoms with Crippen molar-refractivity contribution < 1.29 is 60.8 Å². The van der Waals surface area contributed by atoms with Gasteiger partial charge >= 0.3 is 47.3 Å². The van der Waals surface area contributed by atoms with Gasteiger partial charge in [-0.25, -0.2) is 24.7 Å². The fraction of sp³-hybridized carbons (Fsp3) is 0.277. The van der Waals surface area contributed by atoms with Crippen LogP contribution in [-0.2, 0) is 75.3 Å². The molecule has 0 radical (unpaired) electrons. The van der Waals surface area contributed by atoms with Crippen molar-refractivity contribution in [3.8, 4) is 0 Å². The molecule has 0 spiro atoms. The first-order valence-electron chi connectivity index (χ1n) is 37.0. The van der Waals surface area contributed by atoms with Crippen LogP contribution in [0, 0.1) is 0 Å². The summed E-state index contributed by atoms with van der Waals surface area (Å²) in [5, 5.41) is 38.8. The standard InChI is InChI=1S/3C20H19N5O3.C12H12N2O3.C10H13N3O.CH4/c3*1-25-17-14(8-5-11-21-17)9-10-15(20(25)27)22-18(26)19-24-23-16(28-19)12-13-6-3-2-4-7-13;1-2-16-12(15)11-14-13-10(17-11)8-9-6-4-3-5-7-9;1-13-9-7(3-2-6-12-9)4-5-8(11)10(13)14;/h3*2-8,11,15H,9-10,12H2,1H3,(H,22,26);3-7H,2,8H2,1H3;2-3,6,8H,4-5,11H2,1H3;1H4/t2*15-;;;;/m10..../s1. The molecule has 12 aromatic rings. The number of hydrogen-bond acceptors (Lipinski definition) is 26. The van der Waals surface area contributed by atoms with E-state index in [1.807, 2.05) is 170 Å². The van der Waals surface area contributed by atoms with E-state index in [0.717, 1.165) is 56.7 Å². The topological polar surface area (TPSA) is 428 Å². The Balaban J connectivity index is 0.000000145. The number of hydrogen-bond donors (Lipinski definition) is 4. The maximum atomic E-state index is 12.7. The van der Waals surface area contributed by atoms with Crippen molar-refractivity contribution in [2.75, 3.05) is 54.4 Å². The van der Waals surface area contributed by atoms with Gasteiger partial charge in [-0.15, -0.1) is 40.8 Å². The summed E-state index contributed by atoms with van der Waals surface area (Å²) in [6, 6.07) is 51.3. The van der Waals surface area contributed by atoms with E-state index in [9.17, 15) is 38.4 Å². The number of amides is 7. The second kappa shape index (κ2) is 39.8. The second-order valence-electron chi connectivity index (χ2n) is 26.7. The maximum absolute atomic E-state index is 12.7. The Bertz CT molecular complexity index is 4950. The number of likely N-dealkylation sites (N-methyl/N-ethyl adjacent to an activating group) is 4. The Kier molecular flexibility index (Phi) is 28.4. The number of nitrogens with one attached hydrogen (secondary N) is 3. The number of ether oxygens (including phenoxy) is 1. The number of nitrogens with two attached hydrogens (primary N) is 1. The highest BCUT2D eigenvalue weighted by Gasteiger charge is 2.35. The summed E-state index contributed by atoms with van der Waals surface area (Å²) in [6.45, 7) is 2.01. The number of carbonyl (C=O) groups excluding carboxylic acids is 8. The van der Waals surface area contributed by atoms with Gasteiger partial charge in [0.05, 0.1) is 38.3 Å². The van der Waals surface area contributed by atoms with Crippen LogP contribution in [0.4, 0.5) is 23.3 Å². The van der Waals surface area contributed by atoms with Gasteiger partial charge in [-0.2, -0.15) is 0 Å². The molecular weight excluding hydrogens is 1490 g/mol. The molecule has 5 N–H and O–H groups in total. The van der Waals surface area contributed by atoms with E-state index >= 15 is 0 Å². The summed E-state index contributed by atoms with van der Waals surface area (Å²) in [7, 11) is 6.69. The van der Waals surface area contributed by atoms with E-state index in [1.54, 1.807) is 64.8 Å². The Hall–Kier alpha value is -14.2. The third-order valence-electron chi connectivity index (χ3n) is 18.7. The fourth-order valence-corrected chi connectivity index (χ4v) is 12.8. The van der Waals surface area contributed by atoms with Crippen molar-refractivity contribution in [1.29, 1.82) is 0 Å². The summed E-state index contributed by atoms with van der Waals surface area (Å²) in [5.41, 5.74) is 13.8. The van der Waals surface area contributed by atoms with Gasteiger partial charge in [-0.3, -0.25) is 53.2 Å². The predicted octanol–water partition coefficient (Wildman–Crippen LogP) is 8.08. The average molecular weight is 1570 g/mol. The minimum absolute atomic E-state index is 0. The maximum Gasteiger partial charge on any atom is 0.396 e. The third-order valence-corrected chi connectivity index (χ3v) is 18.7. The van der Waals surface area contributed by atoms with Gasteiger partial charge in [0.2, 0.25) is 47.2 Å². The average Bonchev–Trinajstić information content (AvgIpc) is 1.67. The van der Waals surface area contributed by atoms with Crippen molar-refractivity contribution in [2.24, 2.45) is 5.73 Å². The number of pyridine rings is 4. The Labute approximate surface area is 666 Å². The van der Waals surface area contributed by atoms with Crippen LogP contribution >= 0.6 is 0 Å². The van der Waals surface area contributed by atoms with Crippen molar-refractivity contribution in [2.45, 2.75) is 116 Å². The lowest BCUT2D eigenvalue weighted by Crippen LogP contribution is -2.47. The first-order valence-corrected chi connectivity index (χ1v) is 37.0. The monoisotopic (exact) mass is 1570 g/mol. The number of aromatic nitrogens is 12. The molecule has 7 amide bonds. The van der Waals surface area contributed by atoms with E-state index in [2.05, 4.69) is 76.7 Å². The summed E-state index contributed by atoms with van der Waals surface area (Å²) in [5.74, 6) is 0.485. The molecular formula is C83H86N20O13. The van der Waals surface area contributed by atoms with Gasteiger partial charge in [0, 0.05) is 53.0 Å². The van der Waals surface area contributed by atoms with Gasteiger partial charge < -0.3 is 44.1 Å². The minimum Gasteiger partial charge on any atom is -0.459 e. The SMILES string of the molecule is C.CCOC(=O)c1nnc(Cc2ccccc2)o1.CN1C(=O)C(N)CCc2cccnc21.CN1C(=O)C(NC(=O)c2nnc(Cc3ccccc3)o2)CCc2cccnc21.CN1C(=O)[C@@H](NC(=O)c2nnc(Cc3ccccc3)o2)CCc2cccnc21.CN1C(=O)[C@H](NC(=O)c2nnc(Cc3ccccc3)o2)CCc2cccnc21. The van der Waals surface area contributed by atoms with E-state index in [4.69, 9.17) is 28.1 Å². The van der Waals surface area contributed by atoms with Crippen molar-refractivity contribution in [1.82, 2.24) is 76.7 Å². The summed E-state index contributed by atoms with van der Waals surface area (Å²) in [6.07, 6.45) is 13.3. The molecule has 0 saturated carbocycles. The zero-order chi connectivity index (χ0) is 80.7. The van der Waals surface area contributed by atoms with Crippen LogP contribution in [0.15, 0.2) is 212 Å². The van der Waals surface area contributed by atoms with E-state index < -0.39 is 47.9 Å². The smallest absolute Gasteiger partial charge is 0.396 e. The predicted molar refractivity (Wildman–Crippen MR) is 422 cm³/mol. The molecule has 33 heteroatoms. The van der Waals surface area contributed by atoms with Crippen molar-refractivity contribution >= 4 is 70.6 Å². The molecule has 33 nitrogen and oxygen atoms in total. The number of nitrogens with zero attached hydrogens (tertiary/aromatic N) is 16. The summed E-state index contributed by atoms with van der Waals surface area (Å²) >= 11 is 0. The van der Waals surface area contributed by atoms with Crippen LogP contribution in [0.3, 0.4) is 0 Å². The number of benzene rings is 4. The van der Waals surface area contributed by atoms with Gasteiger partial charge in [-0.1, -0.05) is 153 Å². The quantitative estimate of drug-likeness (QED) is 0.0664. The number of rotatable bonds is 16. The highest BCUT2D eigenvalue weighted by molar-refractivity contribution is 6.03. The van der Waals surface area contributed by atoms with Crippen LogP contribution in [0.2, 0.25) is 0 Å². The zero-order valence-corrected chi connectivity index (χ0v) is 63.5. The summed E-state index contributed by atoms with van der Waals surface area (Å²) < 4.78 is 26.4.